The van der Waals surface area contributed by atoms with Crippen LogP contribution in [0.5, 0.6) is 0 Å². The Hall–Kier alpha value is -3.60. The highest BCUT2D eigenvalue weighted by molar-refractivity contribution is 5.96. The molecule has 11 nitrogen and oxygen atoms in total. The van der Waals surface area contributed by atoms with Crippen molar-refractivity contribution >= 4 is 28.8 Å². The highest BCUT2D eigenvalue weighted by atomic mass is 16.2. The van der Waals surface area contributed by atoms with Crippen molar-refractivity contribution in [3.05, 3.63) is 41.7 Å². The third kappa shape index (κ3) is 4.56. The molecule has 0 unspecified atom stereocenters. The Bertz CT molecular complexity index is 1180. The molecule has 0 aliphatic carbocycles. The molecule has 0 atom stereocenters. The lowest BCUT2D eigenvalue weighted by Crippen LogP contribution is -2.55. The average molecular weight is 464 g/mol. The Labute approximate surface area is 197 Å². The summed E-state index contributed by atoms with van der Waals surface area (Å²) in [6.45, 7) is 7.73. The van der Waals surface area contributed by atoms with Gasteiger partial charge in [-0.25, -0.2) is 14.6 Å². The molecule has 0 spiro atoms. The number of primary amides is 1. The van der Waals surface area contributed by atoms with E-state index in [1.807, 2.05) is 22.0 Å². The van der Waals surface area contributed by atoms with Gasteiger partial charge in [-0.2, -0.15) is 0 Å². The van der Waals surface area contributed by atoms with E-state index in [0.29, 0.717) is 37.7 Å². The largest absolute Gasteiger partial charge is 0.366 e. The number of aryl methyl sites for hydroxylation is 1. The van der Waals surface area contributed by atoms with E-state index >= 15 is 0 Å². The molecule has 178 valence electrons. The minimum absolute atomic E-state index is 0.164. The van der Waals surface area contributed by atoms with Gasteiger partial charge in [0.25, 0.3) is 0 Å². The minimum Gasteiger partial charge on any atom is -0.366 e. The summed E-state index contributed by atoms with van der Waals surface area (Å²) in [6, 6.07) is 5.16. The lowest BCUT2D eigenvalue weighted by atomic mass is 10.00. The van der Waals surface area contributed by atoms with Crippen LogP contribution in [0.4, 0.5) is 5.95 Å². The SMILES string of the molecule is CCc1cnc(N2CCN(C(=O)CN3CC(Cn4nnc5ccc(C(N)=O)cc54)C3)CC2)nc1. The number of aromatic nitrogens is 5. The molecule has 1 aromatic carbocycles. The van der Waals surface area contributed by atoms with Gasteiger partial charge in [-0.05, 0) is 30.2 Å². The lowest BCUT2D eigenvalue weighted by Gasteiger charge is -2.41. The van der Waals surface area contributed by atoms with Crippen molar-refractivity contribution in [1.82, 2.24) is 34.8 Å². The van der Waals surface area contributed by atoms with Crippen molar-refractivity contribution in [2.75, 3.05) is 50.7 Å². The molecule has 3 aromatic rings. The maximum Gasteiger partial charge on any atom is 0.248 e. The van der Waals surface area contributed by atoms with Crippen molar-refractivity contribution in [3.63, 3.8) is 0 Å². The third-order valence-electron chi connectivity index (χ3n) is 6.64. The molecule has 2 aromatic heterocycles. The molecule has 2 aliphatic rings. The van der Waals surface area contributed by atoms with Crippen molar-refractivity contribution in [2.24, 2.45) is 11.7 Å². The first-order valence-electron chi connectivity index (χ1n) is 11.7. The van der Waals surface area contributed by atoms with E-state index in [1.165, 1.54) is 0 Å². The predicted octanol–water partition coefficient (Wildman–Crippen LogP) is 0.163. The highest BCUT2D eigenvalue weighted by Gasteiger charge is 2.31. The van der Waals surface area contributed by atoms with E-state index in [1.54, 1.807) is 18.2 Å². The summed E-state index contributed by atoms with van der Waals surface area (Å²) in [7, 11) is 0. The van der Waals surface area contributed by atoms with Crippen molar-refractivity contribution in [1.29, 1.82) is 0 Å². The molecule has 0 bridgehead atoms. The maximum absolute atomic E-state index is 12.8. The fourth-order valence-corrected chi connectivity index (χ4v) is 4.56. The number of nitrogens with zero attached hydrogens (tertiary/aromatic N) is 8. The first-order valence-corrected chi connectivity index (χ1v) is 11.7. The zero-order chi connectivity index (χ0) is 23.7. The van der Waals surface area contributed by atoms with Crippen LogP contribution in [0.25, 0.3) is 11.0 Å². The number of rotatable bonds is 7. The second-order valence-electron chi connectivity index (χ2n) is 9.01. The molecule has 0 radical (unpaired) electrons. The number of carbonyl (C=O) groups is 2. The van der Waals surface area contributed by atoms with Gasteiger partial charge in [0.1, 0.15) is 5.52 Å². The number of hydrogen-bond donors (Lipinski definition) is 1. The summed E-state index contributed by atoms with van der Waals surface area (Å²) in [6.07, 6.45) is 4.67. The Balaban J connectivity index is 1.08. The summed E-state index contributed by atoms with van der Waals surface area (Å²) in [5.41, 5.74) is 8.51. The molecule has 4 heterocycles. The molecular formula is C23H29N9O2. The summed E-state index contributed by atoms with van der Waals surface area (Å²) in [5, 5.41) is 8.39. The molecule has 2 aliphatic heterocycles. The summed E-state index contributed by atoms with van der Waals surface area (Å²) in [4.78, 5) is 39.4. The van der Waals surface area contributed by atoms with Gasteiger partial charge in [0.15, 0.2) is 0 Å². The van der Waals surface area contributed by atoms with E-state index in [9.17, 15) is 9.59 Å². The molecule has 5 rings (SSSR count). The van der Waals surface area contributed by atoms with Gasteiger partial charge < -0.3 is 15.5 Å². The van der Waals surface area contributed by atoms with Gasteiger partial charge in [-0.15, -0.1) is 5.10 Å². The van der Waals surface area contributed by atoms with E-state index < -0.39 is 5.91 Å². The monoisotopic (exact) mass is 463 g/mol. The standard InChI is InChI=1S/C23H29N9O2/c1-2-16-10-25-23(26-11-16)31-7-5-30(6-8-31)21(33)15-29-12-17(13-29)14-32-20-9-18(22(24)34)3-4-19(20)27-28-32/h3-4,9-11,17H,2,5-8,12-15H2,1H3,(H2,24,34). The third-order valence-corrected chi connectivity index (χ3v) is 6.64. The fourth-order valence-electron chi connectivity index (χ4n) is 4.56. The Kier molecular flexibility index (Phi) is 6.10. The first-order chi connectivity index (χ1) is 16.5. The van der Waals surface area contributed by atoms with Crippen molar-refractivity contribution in [3.8, 4) is 0 Å². The van der Waals surface area contributed by atoms with E-state index in [0.717, 1.165) is 55.1 Å². The molecule has 0 saturated carbocycles. The number of nitrogens with two attached hydrogens (primary N) is 1. The molecule has 2 N–H and O–H groups in total. The van der Waals surface area contributed by atoms with Crippen LogP contribution < -0.4 is 10.6 Å². The second kappa shape index (κ2) is 9.34. The number of piperazine rings is 1. The van der Waals surface area contributed by atoms with E-state index in [4.69, 9.17) is 5.73 Å². The van der Waals surface area contributed by atoms with Crippen molar-refractivity contribution < 1.29 is 9.59 Å². The van der Waals surface area contributed by atoms with Crippen LogP contribution >= 0.6 is 0 Å². The molecule has 2 amide bonds. The number of fused-ring (bicyclic) bond motifs is 1. The van der Waals surface area contributed by atoms with Crippen LogP contribution in [0, 0.1) is 5.92 Å². The van der Waals surface area contributed by atoms with Gasteiger partial charge in [0.05, 0.1) is 12.1 Å². The van der Waals surface area contributed by atoms with Gasteiger partial charge in [0.2, 0.25) is 17.8 Å². The molecule has 2 saturated heterocycles. The first kappa shape index (κ1) is 22.2. The summed E-state index contributed by atoms with van der Waals surface area (Å²) in [5.74, 6) is 0.817. The Morgan fingerprint density at radius 3 is 2.50 bits per heavy atom. The quantitative estimate of drug-likeness (QED) is 0.525. The molecule has 34 heavy (non-hydrogen) atoms. The highest BCUT2D eigenvalue weighted by Crippen LogP contribution is 2.21. The minimum atomic E-state index is -0.467. The van der Waals surface area contributed by atoms with E-state index in [-0.39, 0.29) is 5.91 Å². The van der Waals surface area contributed by atoms with Gasteiger partial charge in [0, 0.05) is 69.7 Å². The number of likely N-dealkylation sites (tertiary alicyclic amines) is 1. The van der Waals surface area contributed by atoms with Gasteiger partial charge >= 0.3 is 0 Å². The Morgan fingerprint density at radius 2 is 1.82 bits per heavy atom. The zero-order valence-corrected chi connectivity index (χ0v) is 19.3. The van der Waals surface area contributed by atoms with Crippen LogP contribution in [0.15, 0.2) is 30.6 Å². The van der Waals surface area contributed by atoms with Crippen LogP contribution in [0.3, 0.4) is 0 Å². The Morgan fingerprint density at radius 1 is 1.09 bits per heavy atom. The fraction of sp³-hybridized carbons (Fsp3) is 0.478. The number of benzene rings is 1. The van der Waals surface area contributed by atoms with Gasteiger partial charge in [-0.1, -0.05) is 12.1 Å². The molecular weight excluding hydrogens is 434 g/mol. The smallest absolute Gasteiger partial charge is 0.248 e. The topological polar surface area (TPSA) is 126 Å². The number of amides is 2. The number of hydrogen-bond acceptors (Lipinski definition) is 8. The van der Waals surface area contributed by atoms with E-state index in [2.05, 4.69) is 37.0 Å². The van der Waals surface area contributed by atoms with Crippen LogP contribution in [-0.2, 0) is 17.8 Å². The zero-order valence-electron chi connectivity index (χ0n) is 19.3. The number of anilines is 1. The van der Waals surface area contributed by atoms with Crippen molar-refractivity contribution in [2.45, 2.75) is 19.9 Å². The van der Waals surface area contributed by atoms with Crippen LogP contribution in [0.1, 0.15) is 22.8 Å². The normalized spacial score (nSPS) is 17.2. The van der Waals surface area contributed by atoms with Crippen LogP contribution in [0.2, 0.25) is 0 Å². The molecule has 2 fully saturated rings. The molecule has 11 heteroatoms. The van der Waals surface area contributed by atoms with Gasteiger partial charge in [-0.3, -0.25) is 14.5 Å². The predicted molar refractivity (Wildman–Crippen MR) is 126 cm³/mol. The lowest BCUT2D eigenvalue weighted by molar-refractivity contribution is -0.134. The average Bonchev–Trinajstić information content (AvgIpc) is 3.24. The number of carbonyl (C=O) groups excluding carboxylic acids is 2. The van der Waals surface area contributed by atoms with Crippen LogP contribution in [-0.4, -0.2) is 92.4 Å². The maximum atomic E-state index is 12.8. The summed E-state index contributed by atoms with van der Waals surface area (Å²) < 4.78 is 1.82. The second-order valence-corrected chi connectivity index (χ2v) is 9.01. The summed E-state index contributed by atoms with van der Waals surface area (Å²) >= 11 is 0.